The van der Waals surface area contributed by atoms with Gasteiger partial charge in [0.15, 0.2) is 0 Å². The first-order valence-corrected chi connectivity index (χ1v) is 5.36. The molecule has 0 saturated carbocycles. The van der Waals surface area contributed by atoms with Gasteiger partial charge in [0.25, 0.3) is 0 Å². The molecule has 0 amide bonds. The maximum absolute atomic E-state index is 3.51. The fourth-order valence-corrected chi connectivity index (χ4v) is 1.93. The summed E-state index contributed by atoms with van der Waals surface area (Å²) in [4.78, 5) is 0. The van der Waals surface area contributed by atoms with Crippen LogP contribution in [0.3, 0.4) is 0 Å². The minimum absolute atomic E-state index is 0.740. The molecule has 0 aromatic rings. The molecule has 2 unspecified atom stereocenters. The highest BCUT2D eigenvalue weighted by Gasteiger charge is 2.18. The molecule has 1 N–H and O–H groups in total. The lowest BCUT2D eigenvalue weighted by atomic mass is 9.91. The van der Waals surface area contributed by atoms with Gasteiger partial charge in [0.05, 0.1) is 0 Å². The van der Waals surface area contributed by atoms with E-state index in [-0.39, 0.29) is 0 Å². The van der Waals surface area contributed by atoms with E-state index in [1.807, 2.05) is 0 Å². The lowest BCUT2D eigenvalue weighted by Gasteiger charge is -2.30. The van der Waals surface area contributed by atoms with Crippen molar-refractivity contribution in [3.05, 3.63) is 0 Å². The highest BCUT2D eigenvalue weighted by Crippen LogP contribution is 2.18. The zero-order valence-electron chi connectivity index (χ0n) is 9.35. The summed E-state index contributed by atoms with van der Waals surface area (Å²) < 4.78 is 0. The summed E-state index contributed by atoms with van der Waals surface area (Å²) in [6, 6.07) is 1.48. The first-order valence-electron chi connectivity index (χ1n) is 5.36. The van der Waals surface area contributed by atoms with Gasteiger partial charge in [-0.3, -0.25) is 0 Å². The lowest BCUT2D eigenvalue weighted by molar-refractivity contribution is 0.279. The second kappa shape index (κ2) is 6.47. The summed E-state index contributed by atoms with van der Waals surface area (Å²) in [5.41, 5.74) is 0. The molecule has 1 aliphatic rings. The zero-order valence-corrected chi connectivity index (χ0v) is 9.35. The predicted octanol–water partition coefficient (Wildman–Crippen LogP) is 3.20. The maximum atomic E-state index is 3.51. The molecule has 0 radical (unpaired) electrons. The Balaban J connectivity index is 0.000000354. The van der Waals surface area contributed by atoms with Gasteiger partial charge in [-0.1, -0.05) is 27.2 Å². The van der Waals surface area contributed by atoms with E-state index >= 15 is 0 Å². The molecule has 0 aliphatic carbocycles. The molecule has 1 rings (SSSR count). The molecule has 0 bridgehead atoms. The van der Waals surface area contributed by atoms with Crippen molar-refractivity contribution in [1.29, 1.82) is 0 Å². The highest BCUT2D eigenvalue weighted by molar-refractivity contribution is 4.77. The summed E-state index contributed by atoms with van der Waals surface area (Å²) >= 11 is 0. The van der Waals surface area contributed by atoms with Crippen LogP contribution in [0.4, 0.5) is 0 Å². The Morgan fingerprint density at radius 1 is 1.00 bits per heavy atom. The molecule has 74 valence electrons. The van der Waals surface area contributed by atoms with E-state index in [0.29, 0.717) is 0 Å². The number of hydrogen-bond acceptors (Lipinski definition) is 1. The third-order valence-electron chi connectivity index (χ3n) is 2.08. The van der Waals surface area contributed by atoms with Gasteiger partial charge >= 0.3 is 0 Å². The summed E-state index contributed by atoms with van der Waals surface area (Å²) in [5, 5.41) is 3.51. The SMILES string of the molecule is CC1CC(C)NC(C)C1.CCC. The van der Waals surface area contributed by atoms with Gasteiger partial charge in [-0.25, -0.2) is 0 Å². The Kier molecular flexibility index (Phi) is 6.45. The van der Waals surface area contributed by atoms with E-state index in [9.17, 15) is 0 Å². The normalized spacial score (nSPS) is 35.2. The molecule has 2 atom stereocenters. The Morgan fingerprint density at radius 2 is 1.33 bits per heavy atom. The molecule has 0 aromatic heterocycles. The third kappa shape index (κ3) is 5.59. The molecule has 1 nitrogen and oxygen atoms in total. The monoisotopic (exact) mass is 171 g/mol. The summed E-state index contributed by atoms with van der Waals surface area (Å²) in [5.74, 6) is 0.927. The number of rotatable bonds is 0. The van der Waals surface area contributed by atoms with Crippen molar-refractivity contribution in [3.8, 4) is 0 Å². The summed E-state index contributed by atoms with van der Waals surface area (Å²) in [7, 11) is 0. The molecule has 1 saturated heterocycles. The van der Waals surface area contributed by atoms with E-state index < -0.39 is 0 Å². The van der Waals surface area contributed by atoms with Crippen LogP contribution in [0, 0.1) is 5.92 Å². The molecule has 0 aromatic carbocycles. The lowest BCUT2D eigenvalue weighted by Crippen LogP contribution is -2.41. The Hall–Kier alpha value is -0.0400. The quantitative estimate of drug-likeness (QED) is 0.590. The summed E-state index contributed by atoms with van der Waals surface area (Å²) in [6.45, 7) is 11.1. The van der Waals surface area contributed by atoms with Crippen molar-refractivity contribution in [3.63, 3.8) is 0 Å². The van der Waals surface area contributed by atoms with Crippen LogP contribution in [0.25, 0.3) is 0 Å². The molecule has 1 aliphatic heterocycles. The first-order chi connectivity index (χ1) is 5.60. The van der Waals surface area contributed by atoms with Crippen LogP contribution in [-0.2, 0) is 0 Å². The number of hydrogen-bond donors (Lipinski definition) is 1. The van der Waals surface area contributed by atoms with E-state index in [0.717, 1.165) is 18.0 Å². The predicted molar refractivity (Wildman–Crippen MR) is 56.4 cm³/mol. The zero-order chi connectivity index (χ0) is 9.56. The van der Waals surface area contributed by atoms with Crippen LogP contribution >= 0.6 is 0 Å². The van der Waals surface area contributed by atoms with Gasteiger partial charge in [-0.2, -0.15) is 0 Å². The topological polar surface area (TPSA) is 12.0 Å². The van der Waals surface area contributed by atoms with E-state index in [1.165, 1.54) is 19.3 Å². The Morgan fingerprint density at radius 3 is 1.58 bits per heavy atom. The average Bonchev–Trinajstić information content (AvgIpc) is 1.84. The number of nitrogens with one attached hydrogen (secondary N) is 1. The number of piperidine rings is 1. The van der Waals surface area contributed by atoms with Crippen molar-refractivity contribution in [2.75, 3.05) is 0 Å². The van der Waals surface area contributed by atoms with Gasteiger partial charge < -0.3 is 5.32 Å². The maximum Gasteiger partial charge on any atom is 0.00437 e. The third-order valence-corrected chi connectivity index (χ3v) is 2.08. The first kappa shape index (κ1) is 12.0. The van der Waals surface area contributed by atoms with Crippen LogP contribution in [-0.4, -0.2) is 12.1 Å². The van der Waals surface area contributed by atoms with Crippen LogP contribution in [0.15, 0.2) is 0 Å². The van der Waals surface area contributed by atoms with Crippen molar-refractivity contribution >= 4 is 0 Å². The Labute approximate surface area is 77.9 Å². The molecule has 12 heavy (non-hydrogen) atoms. The van der Waals surface area contributed by atoms with Crippen molar-refractivity contribution in [1.82, 2.24) is 5.32 Å². The minimum Gasteiger partial charge on any atom is -0.312 e. The van der Waals surface area contributed by atoms with Gasteiger partial charge in [0, 0.05) is 12.1 Å². The van der Waals surface area contributed by atoms with E-state index in [1.54, 1.807) is 0 Å². The van der Waals surface area contributed by atoms with E-state index in [4.69, 9.17) is 0 Å². The van der Waals surface area contributed by atoms with Crippen LogP contribution < -0.4 is 5.32 Å². The van der Waals surface area contributed by atoms with Crippen LogP contribution in [0.5, 0.6) is 0 Å². The highest BCUT2D eigenvalue weighted by atomic mass is 14.9. The molecule has 1 heterocycles. The fraction of sp³-hybridized carbons (Fsp3) is 1.00. The molecular formula is C11H25N. The van der Waals surface area contributed by atoms with Crippen molar-refractivity contribution in [2.45, 2.75) is 66.0 Å². The molecular weight excluding hydrogens is 146 g/mol. The Bertz CT molecular complexity index is 76.2. The largest absolute Gasteiger partial charge is 0.312 e. The second-order valence-corrected chi connectivity index (χ2v) is 4.25. The van der Waals surface area contributed by atoms with Crippen LogP contribution in [0.2, 0.25) is 0 Å². The molecule has 0 spiro atoms. The van der Waals surface area contributed by atoms with Crippen LogP contribution in [0.1, 0.15) is 53.9 Å². The smallest absolute Gasteiger partial charge is 0.00437 e. The minimum atomic E-state index is 0.740. The summed E-state index contributed by atoms with van der Waals surface area (Å²) in [6.07, 6.45) is 3.95. The average molecular weight is 171 g/mol. The standard InChI is InChI=1S/C8H17N.C3H8/c1-6-4-7(2)9-8(3)5-6;1-3-2/h6-9H,4-5H2,1-3H3;3H2,1-2H3. The van der Waals surface area contributed by atoms with Crippen molar-refractivity contribution in [2.24, 2.45) is 5.92 Å². The van der Waals surface area contributed by atoms with Gasteiger partial charge in [0.2, 0.25) is 0 Å². The second-order valence-electron chi connectivity index (χ2n) is 4.25. The molecule has 1 heteroatoms. The molecule has 1 fully saturated rings. The fourth-order valence-electron chi connectivity index (χ4n) is 1.93. The van der Waals surface area contributed by atoms with Gasteiger partial charge in [-0.05, 0) is 32.6 Å². The van der Waals surface area contributed by atoms with Gasteiger partial charge in [-0.15, -0.1) is 0 Å². The van der Waals surface area contributed by atoms with Crippen molar-refractivity contribution < 1.29 is 0 Å². The van der Waals surface area contributed by atoms with Gasteiger partial charge in [0.1, 0.15) is 0 Å². The van der Waals surface area contributed by atoms with E-state index in [2.05, 4.69) is 39.9 Å².